The monoisotopic (exact) mass is 252 g/mol. The van der Waals surface area contributed by atoms with Gasteiger partial charge in [-0.3, -0.25) is 4.79 Å². The summed E-state index contributed by atoms with van der Waals surface area (Å²) in [6, 6.07) is 8.76. The summed E-state index contributed by atoms with van der Waals surface area (Å²) in [4.78, 5) is 18.7. The number of nitrogens with one attached hydrogen (secondary N) is 1. The number of aromatic amines is 1. The molecule has 0 spiro atoms. The van der Waals surface area contributed by atoms with Crippen LogP contribution in [0.15, 0.2) is 42.9 Å². The highest BCUT2D eigenvalue weighted by Crippen LogP contribution is 2.31. The Labute approximate surface area is 109 Å². The summed E-state index contributed by atoms with van der Waals surface area (Å²) >= 11 is 0. The fourth-order valence-electron chi connectivity index (χ4n) is 2.19. The van der Waals surface area contributed by atoms with E-state index in [1.165, 1.54) is 6.92 Å². The molecule has 0 unspecified atom stereocenters. The molecule has 0 aliphatic carbocycles. The number of rotatable bonds is 2. The van der Waals surface area contributed by atoms with Gasteiger partial charge in [0.25, 0.3) is 0 Å². The first-order valence-electron chi connectivity index (χ1n) is 5.91. The topological polar surface area (TPSA) is 66.0 Å². The van der Waals surface area contributed by atoms with Crippen LogP contribution in [0.5, 0.6) is 5.75 Å². The third-order valence-electron chi connectivity index (χ3n) is 3.13. The number of aromatic nitrogens is 2. The lowest BCUT2D eigenvalue weighted by molar-refractivity contribution is 0.101. The van der Waals surface area contributed by atoms with E-state index in [4.69, 9.17) is 0 Å². The molecule has 4 heteroatoms. The van der Waals surface area contributed by atoms with E-state index in [0.717, 1.165) is 22.0 Å². The minimum Gasteiger partial charge on any atom is -0.508 e. The van der Waals surface area contributed by atoms with Crippen LogP contribution in [0.25, 0.3) is 22.0 Å². The van der Waals surface area contributed by atoms with Crippen molar-refractivity contribution >= 4 is 16.6 Å². The fraction of sp³-hybridized carbons (Fsp3) is 0.0667. The maximum atomic E-state index is 11.6. The lowest BCUT2D eigenvalue weighted by Gasteiger charge is -2.08. The molecular formula is C15H12N2O2. The third-order valence-corrected chi connectivity index (χ3v) is 3.13. The van der Waals surface area contributed by atoms with Gasteiger partial charge in [-0.1, -0.05) is 6.07 Å². The molecule has 3 rings (SSSR count). The van der Waals surface area contributed by atoms with Crippen LogP contribution < -0.4 is 0 Å². The molecule has 2 aromatic carbocycles. The molecule has 0 amide bonds. The molecule has 19 heavy (non-hydrogen) atoms. The number of benzene rings is 2. The first kappa shape index (κ1) is 11.5. The molecule has 0 aliphatic heterocycles. The smallest absolute Gasteiger partial charge is 0.159 e. The van der Waals surface area contributed by atoms with Crippen molar-refractivity contribution in [2.24, 2.45) is 0 Å². The molecule has 0 saturated carbocycles. The summed E-state index contributed by atoms with van der Waals surface area (Å²) in [5.74, 6) is 0.176. The Morgan fingerprint density at radius 3 is 2.79 bits per heavy atom. The number of nitrogens with zero attached hydrogens (tertiary/aromatic N) is 1. The quantitative estimate of drug-likeness (QED) is 0.688. The van der Waals surface area contributed by atoms with Gasteiger partial charge < -0.3 is 10.1 Å². The Kier molecular flexibility index (Phi) is 2.56. The van der Waals surface area contributed by atoms with E-state index in [1.54, 1.807) is 30.7 Å². The molecule has 4 nitrogen and oxygen atoms in total. The Balaban J connectivity index is 2.38. The van der Waals surface area contributed by atoms with Crippen molar-refractivity contribution < 1.29 is 9.90 Å². The van der Waals surface area contributed by atoms with Gasteiger partial charge in [0.15, 0.2) is 5.78 Å². The molecule has 0 atom stereocenters. The van der Waals surface area contributed by atoms with Gasteiger partial charge in [-0.15, -0.1) is 0 Å². The van der Waals surface area contributed by atoms with Gasteiger partial charge in [0, 0.05) is 11.1 Å². The Morgan fingerprint density at radius 2 is 2.11 bits per heavy atom. The highest BCUT2D eigenvalue weighted by atomic mass is 16.3. The van der Waals surface area contributed by atoms with Gasteiger partial charge in [0.2, 0.25) is 0 Å². The van der Waals surface area contributed by atoms with Crippen molar-refractivity contribution in [1.29, 1.82) is 0 Å². The van der Waals surface area contributed by atoms with Gasteiger partial charge in [0.05, 0.1) is 18.2 Å². The van der Waals surface area contributed by atoms with E-state index in [2.05, 4.69) is 9.97 Å². The zero-order chi connectivity index (χ0) is 13.4. The summed E-state index contributed by atoms with van der Waals surface area (Å²) < 4.78 is 0. The van der Waals surface area contributed by atoms with Crippen LogP contribution in [0.3, 0.4) is 0 Å². The number of carbonyl (C=O) groups is 1. The molecule has 3 aromatic rings. The van der Waals surface area contributed by atoms with E-state index < -0.39 is 0 Å². The highest BCUT2D eigenvalue weighted by Gasteiger charge is 2.10. The largest absolute Gasteiger partial charge is 0.508 e. The predicted octanol–water partition coefficient (Wildman–Crippen LogP) is 3.14. The summed E-state index contributed by atoms with van der Waals surface area (Å²) in [7, 11) is 0. The minimum absolute atomic E-state index is 0.00833. The molecule has 0 aliphatic rings. The van der Waals surface area contributed by atoms with Crippen molar-refractivity contribution in [3.05, 3.63) is 48.4 Å². The molecule has 0 saturated heterocycles. The van der Waals surface area contributed by atoms with E-state index in [9.17, 15) is 9.90 Å². The average Bonchev–Trinajstić information content (AvgIpc) is 2.90. The molecule has 0 bridgehead atoms. The van der Waals surface area contributed by atoms with Crippen molar-refractivity contribution in [3.8, 4) is 17.0 Å². The van der Waals surface area contributed by atoms with Crippen LogP contribution in [0.1, 0.15) is 17.3 Å². The number of phenolic OH excluding ortho intramolecular Hbond substituents is 1. The second-order valence-corrected chi connectivity index (χ2v) is 4.45. The molecule has 1 heterocycles. The molecule has 94 valence electrons. The van der Waals surface area contributed by atoms with Crippen molar-refractivity contribution in [3.63, 3.8) is 0 Å². The molecule has 2 N–H and O–H groups in total. The van der Waals surface area contributed by atoms with E-state index in [1.807, 2.05) is 12.1 Å². The number of hydrogen-bond donors (Lipinski definition) is 2. The maximum Gasteiger partial charge on any atom is 0.159 e. The second-order valence-electron chi connectivity index (χ2n) is 4.45. The van der Waals surface area contributed by atoms with Crippen LogP contribution in [-0.2, 0) is 0 Å². The Hall–Kier alpha value is -2.62. The van der Waals surface area contributed by atoms with Gasteiger partial charge in [-0.2, -0.15) is 0 Å². The second kappa shape index (κ2) is 4.24. The summed E-state index contributed by atoms with van der Waals surface area (Å²) in [5, 5.41) is 11.4. The number of ketones is 1. The van der Waals surface area contributed by atoms with Crippen LogP contribution >= 0.6 is 0 Å². The van der Waals surface area contributed by atoms with Crippen molar-refractivity contribution in [2.75, 3.05) is 0 Å². The Morgan fingerprint density at radius 1 is 1.26 bits per heavy atom. The van der Waals surface area contributed by atoms with E-state index in [0.29, 0.717) is 5.56 Å². The molecule has 0 radical (unpaired) electrons. The normalized spacial score (nSPS) is 10.8. The zero-order valence-corrected chi connectivity index (χ0v) is 10.3. The number of H-pyrrole nitrogens is 1. The average molecular weight is 252 g/mol. The van der Waals surface area contributed by atoms with Gasteiger partial charge in [-0.05, 0) is 42.0 Å². The standard InChI is InChI=1S/C15H12N2O2/c1-9(18)10-4-11-5-12(19)2-3-13(11)14(6-10)15-7-16-8-17-15/h2-8,19H,1H3,(H,16,17). The number of imidazole rings is 1. The number of phenols is 1. The van der Waals surface area contributed by atoms with Gasteiger partial charge in [-0.25, -0.2) is 4.98 Å². The SMILES string of the molecule is CC(=O)c1cc(-c2cnc[nH]2)c2ccc(O)cc2c1. The summed E-state index contributed by atoms with van der Waals surface area (Å²) in [5.41, 5.74) is 2.36. The zero-order valence-electron chi connectivity index (χ0n) is 10.3. The van der Waals surface area contributed by atoms with E-state index in [-0.39, 0.29) is 11.5 Å². The maximum absolute atomic E-state index is 11.6. The predicted molar refractivity (Wildman–Crippen MR) is 73.2 cm³/mol. The molecular weight excluding hydrogens is 240 g/mol. The van der Waals surface area contributed by atoms with Crippen LogP contribution in [0.4, 0.5) is 0 Å². The minimum atomic E-state index is -0.00833. The van der Waals surface area contributed by atoms with Gasteiger partial charge in [0.1, 0.15) is 5.75 Å². The van der Waals surface area contributed by atoms with Crippen LogP contribution in [0, 0.1) is 0 Å². The fourth-order valence-corrected chi connectivity index (χ4v) is 2.19. The molecule has 1 aromatic heterocycles. The molecule has 0 fully saturated rings. The van der Waals surface area contributed by atoms with Crippen LogP contribution in [-0.4, -0.2) is 20.9 Å². The summed E-state index contributed by atoms with van der Waals surface area (Å²) in [6.45, 7) is 1.53. The number of Topliss-reactive ketones (excluding diaryl/α,β-unsaturated/α-hetero) is 1. The van der Waals surface area contributed by atoms with Crippen LogP contribution in [0.2, 0.25) is 0 Å². The highest BCUT2D eigenvalue weighted by molar-refractivity contribution is 6.04. The number of carbonyl (C=O) groups excluding carboxylic acids is 1. The number of hydrogen-bond acceptors (Lipinski definition) is 3. The lowest BCUT2D eigenvalue weighted by atomic mass is 9.97. The number of fused-ring (bicyclic) bond motifs is 1. The third kappa shape index (κ3) is 1.97. The van der Waals surface area contributed by atoms with Gasteiger partial charge >= 0.3 is 0 Å². The Bertz CT molecular complexity index is 761. The van der Waals surface area contributed by atoms with Crippen molar-refractivity contribution in [2.45, 2.75) is 6.92 Å². The number of aromatic hydroxyl groups is 1. The van der Waals surface area contributed by atoms with Crippen molar-refractivity contribution in [1.82, 2.24) is 9.97 Å². The first-order valence-corrected chi connectivity index (χ1v) is 5.91. The lowest BCUT2D eigenvalue weighted by Crippen LogP contribution is -1.94. The van der Waals surface area contributed by atoms with E-state index >= 15 is 0 Å². The first-order chi connectivity index (χ1) is 9.15. The summed E-state index contributed by atoms with van der Waals surface area (Å²) in [6.07, 6.45) is 3.31.